The van der Waals surface area contributed by atoms with Gasteiger partial charge in [0.25, 0.3) is 0 Å². The molecule has 0 aromatic heterocycles. The summed E-state index contributed by atoms with van der Waals surface area (Å²) < 4.78 is 47.0. The zero-order valence-electron chi connectivity index (χ0n) is 10.6. The summed E-state index contributed by atoms with van der Waals surface area (Å²) in [5.41, 5.74) is 0.331. The van der Waals surface area contributed by atoms with Crippen molar-refractivity contribution in [2.45, 2.75) is 32.2 Å². The molecule has 1 aromatic carbocycles. The second-order valence-electron chi connectivity index (χ2n) is 3.86. The van der Waals surface area contributed by atoms with Crippen LogP contribution in [0.3, 0.4) is 0 Å². The molecule has 0 heterocycles. The van der Waals surface area contributed by atoms with Gasteiger partial charge in [0, 0.05) is 0 Å². The number of carbonyl (C=O) groups is 1. The molecule has 19 heavy (non-hydrogen) atoms. The van der Waals surface area contributed by atoms with E-state index in [4.69, 9.17) is 9.47 Å². The molecule has 0 spiro atoms. The monoisotopic (exact) mass is 276 g/mol. The Morgan fingerprint density at radius 1 is 1.26 bits per heavy atom. The molecule has 0 aliphatic carbocycles. The smallest absolute Gasteiger partial charge is 0.414 e. The highest BCUT2D eigenvalue weighted by molar-refractivity contribution is 5.76. The van der Waals surface area contributed by atoms with E-state index in [1.54, 1.807) is 25.1 Å². The summed E-state index contributed by atoms with van der Waals surface area (Å²) in [7, 11) is 0. The molecule has 3 nitrogen and oxygen atoms in total. The lowest BCUT2D eigenvalue weighted by atomic mass is 10.1. The molecule has 0 bridgehead atoms. The number of esters is 1. The minimum Gasteiger partial charge on any atom is -0.464 e. The first-order valence-corrected chi connectivity index (χ1v) is 5.80. The fourth-order valence-electron chi connectivity index (χ4n) is 1.40. The Morgan fingerprint density at radius 2 is 1.84 bits per heavy atom. The lowest BCUT2D eigenvalue weighted by Gasteiger charge is -2.23. The predicted octanol–water partition coefficient (Wildman–Crippen LogP) is 3.26. The highest BCUT2D eigenvalue weighted by Crippen LogP contribution is 2.29. The number of hydrogen-bond donors (Lipinski definition) is 0. The maximum atomic E-state index is 12.5. The van der Waals surface area contributed by atoms with Gasteiger partial charge in [0.2, 0.25) is 0 Å². The third-order valence-electron chi connectivity index (χ3n) is 2.40. The van der Waals surface area contributed by atoms with Crippen molar-refractivity contribution in [3.05, 3.63) is 35.9 Å². The second kappa shape index (κ2) is 6.56. The Balaban J connectivity index is 2.91. The van der Waals surface area contributed by atoms with Crippen LogP contribution >= 0.6 is 0 Å². The third-order valence-corrected chi connectivity index (χ3v) is 2.40. The number of halogens is 3. The van der Waals surface area contributed by atoms with Gasteiger partial charge in [0.1, 0.15) is 0 Å². The van der Waals surface area contributed by atoms with Gasteiger partial charge in [0.05, 0.1) is 6.61 Å². The Kier molecular flexibility index (Phi) is 5.35. The third kappa shape index (κ3) is 4.55. The fourth-order valence-corrected chi connectivity index (χ4v) is 1.40. The van der Waals surface area contributed by atoms with Gasteiger partial charge in [-0.05, 0) is 19.4 Å². The number of carbonyl (C=O) groups excluding carboxylic acids is 1. The van der Waals surface area contributed by atoms with Gasteiger partial charge in [-0.3, -0.25) is 0 Å². The first kappa shape index (κ1) is 15.5. The Morgan fingerprint density at radius 3 is 2.32 bits per heavy atom. The first-order valence-electron chi connectivity index (χ1n) is 5.80. The van der Waals surface area contributed by atoms with E-state index in [-0.39, 0.29) is 6.61 Å². The lowest BCUT2D eigenvalue weighted by molar-refractivity contribution is -0.230. The van der Waals surface area contributed by atoms with Crippen LogP contribution in [0.1, 0.15) is 25.5 Å². The number of hydrogen-bond acceptors (Lipinski definition) is 3. The molecule has 106 valence electrons. The van der Waals surface area contributed by atoms with Crippen molar-refractivity contribution in [2.75, 3.05) is 6.61 Å². The van der Waals surface area contributed by atoms with Crippen LogP contribution in [-0.2, 0) is 14.3 Å². The van der Waals surface area contributed by atoms with Crippen molar-refractivity contribution < 1.29 is 27.4 Å². The largest absolute Gasteiger partial charge is 0.464 e. The molecule has 1 aromatic rings. The van der Waals surface area contributed by atoms with Gasteiger partial charge in [-0.1, -0.05) is 30.3 Å². The summed E-state index contributed by atoms with van der Waals surface area (Å²) >= 11 is 0. The molecule has 0 aliphatic heterocycles. The van der Waals surface area contributed by atoms with E-state index in [1.165, 1.54) is 12.1 Å². The summed E-state index contributed by atoms with van der Waals surface area (Å²) in [6.45, 7) is 2.51. The summed E-state index contributed by atoms with van der Waals surface area (Å²) in [5.74, 6) is -0.829. The molecule has 0 saturated heterocycles. The number of rotatable bonds is 5. The van der Waals surface area contributed by atoms with E-state index >= 15 is 0 Å². The predicted molar refractivity (Wildman–Crippen MR) is 62.4 cm³/mol. The van der Waals surface area contributed by atoms with Crippen molar-refractivity contribution >= 4 is 5.97 Å². The van der Waals surface area contributed by atoms with Crippen LogP contribution in [0.25, 0.3) is 0 Å². The van der Waals surface area contributed by atoms with Crippen molar-refractivity contribution in [3.8, 4) is 0 Å². The van der Waals surface area contributed by atoms with E-state index in [9.17, 15) is 18.0 Å². The highest BCUT2D eigenvalue weighted by atomic mass is 19.4. The molecule has 2 atom stereocenters. The minimum atomic E-state index is -4.53. The molecule has 6 heteroatoms. The molecule has 1 rings (SSSR count). The quantitative estimate of drug-likeness (QED) is 0.774. The van der Waals surface area contributed by atoms with Crippen LogP contribution in [0.4, 0.5) is 13.2 Å². The standard InChI is InChI=1S/C13H15F3O3/c1-3-18-12(17)11(10-7-5-4-6-8-10)19-9(2)13(14,15)16/h4-9,11H,3H2,1-2H3. The molecular weight excluding hydrogens is 261 g/mol. The van der Waals surface area contributed by atoms with Crippen LogP contribution in [0.2, 0.25) is 0 Å². The normalized spacial score (nSPS) is 14.8. The maximum Gasteiger partial charge on any atom is 0.414 e. The Labute approximate surface area is 109 Å². The zero-order valence-corrected chi connectivity index (χ0v) is 10.6. The fraction of sp³-hybridized carbons (Fsp3) is 0.462. The van der Waals surface area contributed by atoms with Crippen molar-refractivity contribution in [3.63, 3.8) is 0 Å². The molecular formula is C13H15F3O3. The van der Waals surface area contributed by atoms with Gasteiger partial charge in [-0.15, -0.1) is 0 Å². The average Bonchev–Trinajstić information content (AvgIpc) is 2.35. The minimum absolute atomic E-state index is 0.0753. The summed E-state index contributed by atoms with van der Waals surface area (Å²) in [6, 6.07) is 7.96. The SMILES string of the molecule is CCOC(=O)C(OC(C)C(F)(F)F)c1ccccc1. The lowest BCUT2D eigenvalue weighted by Crippen LogP contribution is -2.33. The molecule has 0 amide bonds. The van der Waals surface area contributed by atoms with Gasteiger partial charge in [-0.2, -0.15) is 13.2 Å². The molecule has 0 aliphatic rings. The number of alkyl halides is 3. The van der Waals surface area contributed by atoms with Crippen LogP contribution < -0.4 is 0 Å². The average molecular weight is 276 g/mol. The highest BCUT2D eigenvalue weighted by Gasteiger charge is 2.40. The second-order valence-corrected chi connectivity index (χ2v) is 3.86. The first-order chi connectivity index (χ1) is 8.86. The number of benzene rings is 1. The molecule has 0 N–H and O–H groups in total. The van der Waals surface area contributed by atoms with E-state index < -0.39 is 24.4 Å². The topological polar surface area (TPSA) is 35.5 Å². The molecule has 2 unspecified atom stereocenters. The molecule has 0 radical (unpaired) electrons. The Bertz CT molecular complexity index is 403. The van der Waals surface area contributed by atoms with Gasteiger partial charge >= 0.3 is 12.1 Å². The van der Waals surface area contributed by atoms with Crippen molar-refractivity contribution in [2.24, 2.45) is 0 Å². The zero-order chi connectivity index (χ0) is 14.5. The number of ether oxygens (including phenoxy) is 2. The maximum absolute atomic E-state index is 12.5. The van der Waals surface area contributed by atoms with Crippen molar-refractivity contribution in [1.29, 1.82) is 0 Å². The van der Waals surface area contributed by atoms with Crippen LogP contribution in [0.15, 0.2) is 30.3 Å². The van der Waals surface area contributed by atoms with Crippen LogP contribution in [0.5, 0.6) is 0 Å². The summed E-state index contributed by atoms with van der Waals surface area (Å²) in [6.07, 6.45) is -7.96. The Hall–Kier alpha value is -1.56. The van der Waals surface area contributed by atoms with Crippen molar-refractivity contribution in [1.82, 2.24) is 0 Å². The van der Waals surface area contributed by atoms with Crippen LogP contribution in [-0.4, -0.2) is 24.9 Å². The summed E-state index contributed by atoms with van der Waals surface area (Å²) in [4.78, 5) is 11.7. The summed E-state index contributed by atoms with van der Waals surface area (Å²) in [5, 5.41) is 0. The van der Waals surface area contributed by atoms with E-state index in [2.05, 4.69) is 0 Å². The van der Waals surface area contributed by atoms with E-state index in [0.717, 1.165) is 6.92 Å². The van der Waals surface area contributed by atoms with E-state index in [0.29, 0.717) is 5.56 Å². The molecule has 0 saturated carbocycles. The molecule has 0 fully saturated rings. The van der Waals surface area contributed by atoms with Gasteiger partial charge < -0.3 is 9.47 Å². The van der Waals surface area contributed by atoms with E-state index in [1.807, 2.05) is 0 Å². The van der Waals surface area contributed by atoms with Gasteiger partial charge in [-0.25, -0.2) is 4.79 Å². The van der Waals surface area contributed by atoms with Crippen LogP contribution in [0, 0.1) is 0 Å². The van der Waals surface area contributed by atoms with Gasteiger partial charge in [0.15, 0.2) is 12.2 Å².